The molecule has 11 heteroatoms. The second-order valence-electron chi connectivity index (χ2n) is 9.25. The highest BCUT2D eigenvalue weighted by atomic mass is 19.4. The van der Waals surface area contributed by atoms with E-state index in [-0.39, 0.29) is 24.1 Å². The highest BCUT2D eigenvalue weighted by Crippen LogP contribution is 2.39. The molecule has 1 saturated carbocycles. The van der Waals surface area contributed by atoms with Crippen LogP contribution in [-0.4, -0.2) is 57.2 Å². The van der Waals surface area contributed by atoms with E-state index in [1.807, 2.05) is 26.2 Å². The number of nitrogens with zero attached hydrogens (tertiary/aromatic N) is 4. The van der Waals surface area contributed by atoms with Gasteiger partial charge >= 0.3 is 12.3 Å². The van der Waals surface area contributed by atoms with Crippen molar-refractivity contribution in [2.75, 3.05) is 18.0 Å². The first-order valence-electron chi connectivity index (χ1n) is 11.4. The number of piperazine rings is 1. The zero-order valence-corrected chi connectivity index (χ0v) is 19.3. The smallest absolute Gasteiger partial charge is 0.421 e. The molecule has 1 aliphatic heterocycles. The average Bonchev–Trinajstić information content (AvgIpc) is 3.59. The summed E-state index contributed by atoms with van der Waals surface area (Å²) in [6, 6.07) is 0.694. The number of halogens is 3. The van der Waals surface area contributed by atoms with E-state index in [0.29, 0.717) is 25.0 Å². The number of nitrogens with one attached hydrogen (secondary N) is 1. The number of alkyl halides is 3. The molecule has 0 spiro atoms. The van der Waals surface area contributed by atoms with Crippen molar-refractivity contribution in [3.8, 4) is 0 Å². The quantitative estimate of drug-likeness (QED) is 0.703. The topological polar surface area (TPSA) is 91.4 Å². The number of amides is 1. The van der Waals surface area contributed by atoms with E-state index in [0.717, 1.165) is 11.6 Å². The van der Waals surface area contributed by atoms with Crippen LogP contribution in [0.4, 0.5) is 23.9 Å². The normalized spacial score (nSPS) is 21.9. The molecule has 0 unspecified atom stereocenters. The first-order chi connectivity index (χ1) is 16.0. The van der Waals surface area contributed by atoms with Crippen molar-refractivity contribution in [3.63, 3.8) is 0 Å². The number of rotatable bonds is 5. The van der Waals surface area contributed by atoms with Gasteiger partial charge in [0.05, 0.1) is 0 Å². The van der Waals surface area contributed by atoms with Crippen LogP contribution in [-0.2, 0) is 17.3 Å². The molecule has 184 valence electrons. The molecule has 1 aliphatic carbocycles. The van der Waals surface area contributed by atoms with E-state index in [2.05, 4.69) is 19.9 Å². The molecular weight excluding hydrogens is 451 g/mol. The summed E-state index contributed by atoms with van der Waals surface area (Å²) in [5, 5.41) is 0. The maximum absolute atomic E-state index is 13.0. The predicted molar refractivity (Wildman–Crippen MR) is 119 cm³/mol. The van der Waals surface area contributed by atoms with Crippen molar-refractivity contribution in [2.24, 2.45) is 0 Å². The number of carbonyl (C=O) groups is 1. The lowest BCUT2D eigenvalue weighted by Gasteiger charge is -2.44. The van der Waals surface area contributed by atoms with Gasteiger partial charge in [0.15, 0.2) is 0 Å². The van der Waals surface area contributed by atoms with Gasteiger partial charge < -0.3 is 19.5 Å². The third kappa shape index (κ3) is 5.34. The molecule has 2 aromatic heterocycles. The minimum atomic E-state index is -4.75. The predicted octanol–water partition coefficient (Wildman–Crippen LogP) is 3.73. The zero-order valence-electron chi connectivity index (χ0n) is 19.3. The number of H-pyrrole nitrogens is 1. The molecule has 0 bridgehead atoms. The number of hydrogen-bond acceptors (Lipinski definition) is 6. The van der Waals surface area contributed by atoms with Crippen LogP contribution >= 0.6 is 0 Å². The summed E-state index contributed by atoms with van der Waals surface area (Å²) >= 11 is 0. The van der Waals surface area contributed by atoms with Gasteiger partial charge in [0, 0.05) is 50.2 Å². The lowest BCUT2D eigenvalue weighted by atomic mass is 10.1. The van der Waals surface area contributed by atoms with Gasteiger partial charge in [-0.2, -0.15) is 13.2 Å². The lowest BCUT2D eigenvalue weighted by Crippen LogP contribution is -2.59. The zero-order chi connectivity index (χ0) is 24.6. The van der Waals surface area contributed by atoms with Gasteiger partial charge in [0.1, 0.15) is 11.7 Å². The van der Waals surface area contributed by atoms with E-state index in [4.69, 9.17) is 4.74 Å². The van der Waals surface area contributed by atoms with E-state index in [1.165, 1.54) is 19.0 Å². The highest BCUT2D eigenvalue weighted by molar-refractivity contribution is 5.68. The van der Waals surface area contributed by atoms with Crippen LogP contribution in [0.2, 0.25) is 0 Å². The van der Waals surface area contributed by atoms with Crippen molar-refractivity contribution in [3.05, 3.63) is 51.7 Å². The molecule has 1 saturated heterocycles. The molecule has 1 N–H and O–H groups in total. The van der Waals surface area contributed by atoms with E-state index >= 15 is 0 Å². The first kappa shape index (κ1) is 24.0. The Morgan fingerprint density at radius 2 is 1.82 bits per heavy atom. The molecule has 0 radical (unpaired) electrons. The Labute approximate surface area is 195 Å². The molecule has 1 amide bonds. The lowest BCUT2D eigenvalue weighted by molar-refractivity contribution is -0.138. The van der Waals surface area contributed by atoms with Crippen LogP contribution < -0.4 is 10.5 Å². The van der Waals surface area contributed by atoms with Gasteiger partial charge in [-0.15, -0.1) is 0 Å². The molecule has 3 atom stereocenters. The maximum atomic E-state index is 13.0. The molecule has 2 aromatic rings. The second-order valence-corrected chi connectivity index (χ2v) is 9.25. The Morgan fingerprint density at radius 3 is 2.38 bits per heavy atom. The largest absolute Gasteiger partial charge is 0.446 e. The van der Waals surface area contributed by atoms with Crippen molar-refractivity contribution in [1.82, 2.24) is 19.9 Å². The maximum Gasteiger partial charge on any atom is 0.421 e. The van der Waals surface area contributed by atoms with Gasteiger partial charge in [0.2, 0.25) is 5.95 Å². The fourth-order valence-corrected chi connectivity index (χ4v) is 4.44. The summed E-state index contributed by atoms with van der Waals surface area (Å²) in [5.74, 6) is 1.21. The summed E-state index contributed by atoms with van der Waals surface area (Å²) < 4.78 is 44.4. The summed E-state index contributed by atoms with van der Waals surface area (Å²) in [7, 11) is 0. The molecule has 0 aromatic carbocycles. The van der Waals surface area contributed by atoms with Crippen LogP contribution in [0.3, 0.4) is 0 Å². The van der Waals surface area contributed by atoms with Crippen LogP contribution in [0.25, 0.3) is 0 Å². The minimum absolute atomic E-state index is 0.0395. The van der Waals surface area contributed by atoms with Gasteiger partial charge in [-0.05, 0) is 56.7 Å². The summed E-state index contributed by atoms with van der Waals surface area (Å²) in [5.41, 5.74) is -1.08. The van der Waals surface area contributed by atoms with Crippen LogP contribution in [0, 0.1) is 0 Å². The number of hydrogen-bond donors (Lipinski definition) is 1. The number of aromatic amines is 1. The standard InChI is InChI=1S/C23H28F3N5O3/c1-13-11-30(12-14(2)31(13)21-28-9-18(10-29-21)17-4-5-17)22(33)34-15(3)6-16-7-19(23(24,25)26)20(32)27-8-16/h7-10,13-15,17H,4-6,11-12H2,1-3H3,(H,27,32)/t13-,14-,15+/m1/s1. The number of carbonyl (C=O) groups excluding carboxylic acids is 1. The van der Waals surface area contributed by atoms with E-state index < -0.39 is 29.5 Å². The third-order valence-corrected chi connectivity index (χ3v) is 6.21. The van der Waals surface area contributed by atoms with Gasteiger partial charge in [-0.1, -0.05) is 0 Å². The van der Waals surface area contributed by atoms with Crippen molar-refractivity contribution in [2.45, 2.75) is 70.3 Å². The fraction of sp³-hybridized carbons (Fsp3) is 0.565. The van der Waals surface area contributed by atoms with Gasteiger partial charge in [0.25, 0.3) is 5.56 Å². The minimum Gasteiger partial charge on any atom is -0.446 e. The SMILES string of the molecule is C[C@@H]1CN(C(=O)O[C@@H](C)Cc2c[nH]c(=O)c(C(F)(F)F)c2)C[C@@H](C)N1c1ncc(C2CC2)cn1. The fourth-order valence-electron chi connectivity index (χ4n) is 4.44. The number of pyridine rings is 1. The Kier molecular flexibility index (Phi) is 6.55. The average molecular weight is 480 g/mol. The van der Waals surface area contributed by atoms with Crippen molar-refractivity contribution < 1.29 is 22.7 Å². The van der Waals surface area contributed by atoms with Crippen molar-refractivity contribution in [1.29, 1.82) is 0 Å². The molecule has 4 rings (SSSR count). The van der Waals surface area contributed by atoms with E-state index in [9.17, 15) is 22.8 Å². The monoisotopic (exact) mass is 479 g/mol. The van der Waals surface area contributed by atoms with Crippen LogP contribution in [0.15, 0.2) is 29.5 Å². The molecule has 2 aliphatic rings. The molecule has 3 heterocycles. The number of aromatic nitrogens is 3. The van der Waals surface area contributed by atoms with Crippen LogP contribution in [0.1, 0.15) is 56.2 Å². The molecule has 34 heavy (non-hydrogen) atoms. The van der Waals surface area contributed by atoms with E-state index in [1.54, 1.807) is 11.8 Å². The molecular formula is C23H28F3N5O3. The Hall–Kier alpha value is -3.11. The summed E-state index contributed by atoms with van der Waals surface area (Å²) in [6.45, 7) is 6.38. The Balaban J connectivity index is 1.35. The first-order valence-corrected chi connectivity index (χ1v) is 11.4. The molecule has 8 nitrogen and oxygen atoms in total. The summed E-state index contributed by atoms with van der Waals surface area (Å²) in [6.07, 6.45) is 1.40. The molecule has 2 fully saturated rings. The summed E-state index contributed by atoms with van der Waals surface area (Å²) in [4.78, 5) is 39.0. The van der Waals surface area contributed by atoms with Gasteiger partial charge in [-0.25, -0.2) is 14.8 Å². The van der Waals surface area contributed by atoms with Crippen LogP contribution in [0.5, 0.6) is 0 Å². The highest BCUT2D eigenvalue weighted by Gasteiger charge is 2.36. The Bertz CT molecular complexity index is 1070. The van der Waals surface area contributed by atoms with Crippen molar-refractivity contribution >= 4 is 12.0 Å². The number of anilines is 1. The third-order valence-electron chi connectivity index (χ3n) is 6.21. The number of ether oxygens (including phenoxy) is 1. The Morgan fingerprint density at radius 1 is 1.21 bits per heavy atom. The second kappa shape index (κ2) is 9.27. The van der Waals surface area contributed by atoms with Gasteiger partial charge in [-0.3, -0.25) is 4.79 Å².